The summed E-state index contributed by atoms with van der Waals surface area (Å²) in [5.41, 5.74) is 6.11. The largest absolute Gasteiger partial charge is 0.349 e. The molecule has 0 saturated carbocycles. The van der Waals surface area contributed by atoms with E-state index in [4.69, 9.17) is 5.73 Å². The van der Waals surface area contributed by atoms with Gasteiger partial charge >= 0.3 is 0 Å². The van der Waals surface area contributed by atoms with Crippen LogP contribution in [-0.4, -0.2) is 34.1 Å². The van der Waals surface area contributed by atoms with Crippen molar-refractivity contribution >= 4 is 0 Å². The molecule has 1 aromatic heterocycles. The van der Waals surface area contributed by atoms with Gasteiger partial charge in [0.1, 0.15) is 5.82 Å². The molecule has 0 aromatic carbocycles. The summed E-state index contributed by atoms with van der Waals surface area (Å²) in [5, 5.41) is 0. The summed E-state index contributed by atoms with van der Waals surface area (Å²) < 4.78 is 0. The van der Waals surface area contributed by atoms with E-state index in [9.17, 15) is 0 Å². The number of piperidine rings is 1. The maximum Gasteiger partial charge on any atom is 0.108 e. The van der Waals surface area contributed by atoms with Crippen LogP contribution in [0.4, 0.5) is 0 Å². The van der Waals surface area contributed by atoms with E-state index in [-0.39, 0.29) is 6.17 Å². The standard InChI is InChI=1S/C10H18N4/c11-9(8-10-12-4-5-13-10)14-6-2-1-3-7-14/h4-5,9H,1-3,6-8,11H2,(H,12,13). The minimum Gasteiger partial charge on any atom is -0.349 e. The SMILES string of the molecule is NC(Cc1ncc[nH]1)N1CCCCC1. The molecule has 0 radical (unpaired) electrons. The lowest BCUT2D eigenvalue weighted by Gasteiger charge is -2.31. The molecule has 1 unspecified atom stereocenters. The van der Waals surface area contributed by atoms with E-state index >= 15 is 0 Å². The molecule has 1 aliphatic heterocycles. The molecule has 78 valence electrons. The van der Waals surface area contributed by atoms with Gasteiger partial charge in [-0.2, -0.15) is 0 Å². The van der Waals surface area contributed by atoms with Crippen LogP contribution < -0.4 is 5.73 Å². The van der Waals surface area contributed by atoms with Gasteiger partial charge in [-0.25, -0.2) is 4.98 Å². The number of nitrogens with one attached hydrogen (secondary N) is 1. The number of rotatable bonds is 3. The van der Waals surface area contributed by atoms with Crippen molar-refractivity contribution in [1.82, 2.24) is 14.9 Å². The lowest BCUT2D eigenvalue weighted by atomic mass is 10.1. The summed E-state index contributed by atoms with van der Waals surface area (Å²) >= 11 is 0. The number of nitrogens with two attached hydrogens (primary N) is 1. The highest BCUT2D eigenvalue weighted by molar-refractivity contribution is 4.90. The van der Waals surface area contributed by atoms with Gasteiger partial charge in [-0.15, -0.1) is 0 Å². The van der Waals surface area contributed by atoms with Gasteiger partial charge in [0.25, 0.3) is 0 Å². The molecule has 14 heavy (non-hydrogen) atoms. The van der Waals surface area contributed by atoms with Crippen LogP contribution in [0.3, 0.4) is 0 Å². The first-order valence-electron chi connectivity index (χ1n) is 5.34. The van der Waals surface area contributed by atoms with Gasteiger partial charge in [-0.1, -0.05) is 6.42 Å². The molecule has 4 heteroatoms. The molecule has 1 aliphatic rings. The van der Waals surface area contributed by atoms with E-state index in [1.807, 2.05) is 6.20 Å². The van der Waals surface area contributed by atoms with Crippen molar-refractivity contribution in [2.75, 3.05) is 13.1 Å². The fourth-order valence-corrected chi connectivity index (χ4v) is 1.99. The maximum atomic E-state index is 6.11. The van der Waals surface area contributed by atoms with Crippen LogP contribution >= 0.6 is 0 Å². The van der Waals surface area contributed by atoms with Crippen molar-refractivity contribution in [1.29, 1.82) is 0 Å². The molecule has 2 heterocycles. The van der Waals surface area contributed by atoms with Crippen molar-refractivity contribution in [2.45, 2.75) is 31.8 Å². The molecule has 1 atom stereocenters. The first-order valence-corrected chi connectivity index (χ1v) is 5.34. The molecule has 0 spiro atoms. The monoisotopic (exact) mass is 194 g/mol. The Morgan fingerprint density at radius 1 is 1.43 bits per heavy atom. The predicted octanol–water partition coefficient (Wildman–Crippen LogP) is 0.723. The lowest BCUT2D eigenvalue weighted by Crippen LogP contribution is -2.46. The molecule has 2 rings (SSSR count). The number of nitrogens with zero attached hydrogens (tertiary/aromatic N) is 2. The highest BCUT2D eigenvalue weighted by atomic mass is 15.2. The molecule has 0 aliphatic carbocycles. The summed E-state index contributed by atoms with van der Waals surface area (Å²) in [6.45, 7) is 2.28. The summed E-state index contributed by atoms with van der Waals surface area (Å²) in [6, 6.07) is 0. The topological polar surface area (TPSA) is 57.9 Å². The van der Waals surface area contributed by atoms with E-state index in [0.717, 1.165) is 25.3 Å². The fourth-order valence-electron chi connectivity index (χ4n) is 1.99. The normalized spacial score (nSPS) is 20.9. The zero-order valence-electron chi connectivity index (χ0n) is 8.45. The fraction of sp³-hybridized carbons (Fsp3) is 0.700. The highest BCUT2D eigenvalue weighted by Gasteiger charge is 2.17. The van der Waals surface area contributed by atoms with Crippen molar-refractivity contribution in [2.24, 2.45) is 5.73 Å². The first-order chi connectivity index (χ1) is 6.86. The summed E-state index contributed by atoms with van der Waals surface area (Å²) in [7, 11) is 0. The third-order valence-electron chi connectivity index (χ3n) is 2.82. The Morgan fingerprint density at radius 3 is 2.86 bits per heavy atom. The minimum atomic E-state index is 0.126. The van der Waals surface area contributed by atoms with Gasteiger partial charge < -0.3 is 10.7 Å². The smallest absolute Gasteiger partial charge is 0.108 e. The Balaban J connectivity index is 1.85. The first kappa shape index (κ1) is 9.68. The van der Waals surface area contributed by atoms with Gasteiger partial charge in [0.2, 0.25) is 0 Å². The molecule has 1 saturated heterocycles. The van der Waals surface area contributed by atoms with Crippen molar-refractivity contribution in [3.8, 4) is 0 Å². The van der Waals surface area contributed by atoms with Crippen molar-refractivity contribution in [3.05, 3.63) is 18.2 Å². The Labute approximate surface area is 84.5 Å². The quantitative estimate of drug-likeness (QED) is 0.745. The maximum absolute atomic E-state index is 6.11. The summed E-state index contributed by atoms with van der Waals surface area (Å²) in [5.74, 6) is 0.989. The number of aromatic nitrogens is 2. The van der Waals surface area contributed by atoms with Crippen LogP contribution in [0.2, 0.25) is 0 Å². The minimum absolute atomic E-state index is 0.126. The number of hydrogen-bond acceptors (Lipinski definition) is 3. The van der Waals surface area contributed by atoms with E-state index in [1.54, 1.807) is 6.20 Å². The average Bonchev–Trinajstić information content (AvgIpc) is 2.72. The third kappa shape index (κ3) is 2.33. The van der Waals surface area contributed by atoms with Crippen LogP contribution in [0.25, 0.3) is 0 Å². The van der Waals surface area contributed by atoms with E-state index in [0.29, 0.717) is 0 Å². The second-order valence-corrected chi connectivity index (χ2v) is 3.90. The van der Waals surface area contributed by atoms with Crippen molar-refractivity contribution in [3.63, 3.8) is 0 Å². The van der Waals surface area contributed by atoms with Gasteiger partial charge in [-0.05, 0) is 25.9 Å². The van der Waals surface area contributed by atoms with E-state index in [1.165, 1.54) is 19.3 Å². The van der Waals surface area contributed by atoms with Crippen LogP contribution in [0.15, 0.2) is 12.4 Å². The van der Waals surface area contributed by atoms with Gasteiger partial charge in [0.05, 0.1) is 6.17 Å². The van der Waals surface area contributed by atoms with Crippen molar-refractivity contribution < 1.29 is 0 Å². The highest BCUT2D eigenvalue weighted by Crippen LogP contribution is 2.11. The number of H-pyrrole nitrogens is 1. The number of imidazole rings is 1. The molecule has 4 nitrogen and oxygen atoms in total. The molecule has 0 amide bonds. The van der Waals surface area contributed by atoms with Gasteiger partial charge in [0, 0.05) is 18.8 Å². The molecule has 1 fully saturated rings. The van der Waals surface area contributed by atoms with Crippen LogP contribution in [0.5, 0.6) is 0 Å². The average molecular weight is 194 g/mol. The Kier molecular flexibility index (Phi) is 3.16. The molecule has 3 N–H and O–H groups in total. The molecule has 1 aromatic rings. The van der Waals surface area contributed by atoms with E-state index in [2.05, 4.69) is 14.9 Å². The molecular formula is C10H18N4. The zero-order valence-corrected chi connectivity index (χ0v) is 8.45. The molecular weight excluding hydrogens is 176 g/mol. The lowest BCUT2D eigenvalue weighted by molar-refractivity contribution is 0.164. The zero-order chi connectivity index (χ0) is 9.80. The summed E-state index contributed by atoms with van der Waals surface area (Å²) in [6.07, 6.45) is 8.49. The summed E-state index contributed by atoms with van der Waals surface area (Å²) in [4.78, 5) is 9.63. The van der Waals surface area contributed by atoms with Gasteiger partial charge in [0.15, 0.2) is 0 Å². The second kappa shape index (κ2) is 4.57. The number of aromatic amines is 1. The number of likely N-dealkylation sites (tertiary alicyclic amines) is 1. The Morgan fingerprint density at radius 2 is 2.21 bits per heavy atom. The van der Waals surface area contributed by atoms with Crippen LogP contribution in [0, 0.1) is 0 Å². The number of hydrogen-bond donors (Lipinski definition) is 2. The second-order valence-electron chi connectivity index (χ2n) is 3.90. The Hall–Kier alpha value is -0.870. The van der Waals surface area contributed by atoms with Gasteiger partial charge in [-0.3, -0.25) is 4.90 Å². The predicted molar refractivity (Wildman–Crippen MR) is 55.7 cm³/mol. The van der Waals surface area contributed by atoms with Crippen LogP contribution in [0.1, 0.15) is 25.1 Å². The van der Waals surface area contributed by atoms with Crippen LogP contribution in [-0.2, 0) is 6.42 Å². The van der Waals surface area contributed by atoms with E-state index < -0.39 is 0 Å². The Bertz CT molecular complexity index is 251. The molecule has 0 bridgehead atoms. The third-order valence-corrected chi connectivity index (χ3v) is 2.82.